The third-order valence-corrected chi connectivity index (χ3v) is 6.77. The molecule has 3 heteroatoms. The van der Waals surface area contributed by atoms with Gasteiger partial charge in [-0.1, -0.05) is 6.92 Å². The van der Waals surface area contributed by atoms with Gasteiger partial charge in [-0.2, -0.15) is 0 Å². The van der Waals surface area contributed by atoms with Gasteiger partial charge in [-0.15, -0.1) is 0 Å². The number of nitrogens with zero attached hydrogens (tertiary/aromatic N) is 1. The molecule has 0 aromatic heterocycles. The summed E-state index contributed by atoms with van der Waals surface area (Å²) in [6.07, 6.45) is 9.92. The van der Waals surface area contributed by atoms with Crippen molar-refractivity contribution in [1.29, 1.82) is 0 Å². The van der Waals surface area contributed by atoms with Gasteiger partial charge in [-0.05, 0) is 95.1 Å². The Morgan fingerprint density at radius 2 is 1.62 bits per heavy atom. The first kappa shape index (κ1) is 15.3. The van der Waals surface area contributed by atoms with Crippen molar-refractivity contribution in [1.82, 2.24) is 4.90 Å². The highest BCUT2D eigenvalue weighted by molar-refractivity contribution is 5.77. The average Bonchev–Trinajstić information content (AvgIpc) is 2.37. The Labute approximate surface area is 129 Å². The Morgan fingerprint density at radius 1 is 1.14 bits per heavy atom. The molecule has 21 heavy (non-hydrogen) atoms. The Hall–Kier alpha value is -0.570. The largest absolute Gasteiger partial charge is 0.480 e. The van der Waals surface area contributed by atoms with Gasteiger partial charge in [0.15, 0.2) is 0 Å². The molecule has 4 fully saturated rings. The standard InChI is InChI=1S/C18H31NO2/c1-4-19(17(2,3)16(20)21)6-5-18-10-13-7-14(11-18)9-15(8-13)12-18/h13-15H,4-12H2,1-3H3,(H,20,21). The Balaban J connectivity index is 1.65. The quantitative estimate of drug-likeness (QED) is 0.810. The smallest absolute Gasteiger partial charge is 0.323 e. The van der Waals surface area contributed by atoms with Crippen LogP contribution in [0.4, 0.5) is 0 Å². The van der Waals surface area contributed by atoms with E-state index >= 15 is 0 Å². The van der Waals surface area contributed by atoms with Crippen molar-refractivity contribution in [2.24, 2.45) is 23.2 Å². The predicted molar refractivity (Wildman–Crippen MR) is 84.2 cm³/mol. The minimum atomic E-state index is -0.739. The molecule has 0 saturated heterocycles. The first-order valence-electron chi connectivity index (χ1n) is 8.83. The van der Waals surface area contributed by atoms with Crippen molar-refractivity contribution in [2.75, 3.05) is 13.1 Å². The van der Waals surface area contributed by atoms with Gasteiger partial charge in [0.2, 0.25) is 0 Å². The number of likely N-dealkylation sites (N-methyl/N-ethyl adjacent to an activating group) is 1. The molecule has 4 rings (SSSR count). The summed E-state index contributed by atoms with van der Waals surface area (Å²) < 4.78 is 0. The van der Waals surface area contributed by atoms with E-state index in [-0.39, 0.29) is 0 Å². The average molecular weight is 293 g/mol. The summed E-state index contributed by atoms with van der Waals surface area (Å²) in [7, 11) is 0. The molecular formula is C18H31NO2. The van der Waals surface area contributed by atoms with Gasteiger partial charge in [0.05, 0.1) is 0 Å². The molecule has 4 aliphatic carbocycles. The normalized spacial score (nSPS) is 38.2. The highest BCUT2D eigenvalue weighted by atomic mass is 16.4. The summed E-state index contributed by atoms with van der Waals surface area (Å²) in [6.45, 7) is 7.55. The maximum atomic E-state index is 11.5. The van der Waals surface area contributed by atoms with Gasteiger partial charge in [0.25, 0.3) is 0 Å². The maximum absolute atomic E-state index is 11.5. The number of carbonyl (C=O) groups is 1. The van der Waals surface area contributed by atoms with Crippen LogP contribution in [0, 0.1) is 23.2 Å². The van der Waals surface area contributed by atoms with Crippen molar-refractivity contribution >= 4 is 5.97 Å². The van der Waals surface area contributed by atoms with E-state index in [0.29, 0.717) is 5.41 Å². The molecule has 0 aromatic carbocycles. The molecule has 0 heterocycles. The molecule has 0 unspecified atom stereocenters. The van der Waals surface area contributed by atoms with E-state index < -0.39 is 11.5 Å². The van der Waals surface area contributed by atoms with Gasteiger partial charge >= 0.3 is 5.97 Å². The van der Waals surface area contributed by atoms with Crippen LogP contribution in [0.1, 0.15) is 65.7 Å². The number of hydrogen-bond donors (Lipinski definition) is 1. The fraction of sp³-hybridized carbons (Fsp3) is 0.944. The highest BCUT2D eigenvalue weighted by Gasteiger charge is 2.50. The van der Waals surface area contributed by atoms with Crippen molar-refractivity contribution in [3.05, 3.63) is 0 Å². The molecule has 0 aromatic rings. The molecule has 0 amide bonds. The van der Waals surface area contributed by atoms with Crippen molar-refractivity contribution in [3.8, 4) is 0 Å². The van der Waals surface area contributed by atoms with Crippen molar-refractivity contribution in [3.63, 3.8) is 0 Å². The predicted octanol–water partition coefficient (Wildman–Crippen LogP) is 3.78. The van der Waals surface area contributed by atoms with Crippen LogP contribution in [0.2, 0.25) is 0 Å². The van der Waals surface area contributed by atoms with Crippen LogP contribution in [0.5, 0.6) is 0 Å². The zero-order valence-corrected chi connectivity index (χ0v) is 13.9. The van der Waals surface area contributed by atoms with Gasteiger partial charge in [0, 0.05) is 0 Å². The van der Waals surface area contributed by atoms with E-state index in [9.17, 15) is 9.90 Å². The Bertz CT molecular complexity index is 380. The van der Waals surface area contributed by atoms with E-state index in [2.05, 4.69) is 11.8 Å². The van der Waals surface area contributed by atoms with Gasteiger partial charge in [-0.3, -0.25) is 9.69 Å². The van der Waals surface area contributed by atoms with Crippen LogP contribution in [-0.4, -0.2) is 34.6 Å². The summed E-state index contributed by atoms with van der Waals surface area (Å²) in [5.74, 6) is 2.26. The van der Waals surface area contributed by atoms with Crippen LogP contribution in [0.3, 0.4) is 0 Å². The second-order valence-electron chi connectivity index (χ2n) is 8.61. The van der Waals surface area contributed by atoms with E-state index in [1.807, 2.05) is 13.8 Å². The number of carboxylic acid groups (broad SMARTS) is 1. The second kappa shape index (κ2) is 5.26. The Morgan fingerprint density at radius 3 is 2.00 bits per heavy atom. The molecule has 4 bridgehead atoms. The zero-order chi connectivity index (χ0) is 15.3. The second-order valence-corrected chi connectivity index (χ2v) is 8.61. The molecule has 120 valence electrons. The lowest BCUT2D eigenvalue weighted by molar-refractivity contribution is -0.150. The summed E-state index contributed by atoms with van der Waals surface area (Å²) in [5.41, 5.74) is -0.187. The fourth-order valence-corrected chi connectivity index (χ4v) is 5.94. The number of carboxylic acids is 1. The molecule has 0 atom stereocenters. The minimum absolute atomic E-state index is 0.552. The zero-order valence-electron chi connectivity index (χ0n) is 13.9. The fourth-order valence-electron chi connectivity index (χ4n) is 5.94. The first-order valence-corrected chi connectivity index (χ1v) is 8.83. The summed E-state index contributed by atoms with van der Waals surface area (Å²) in [5, 5.41) is 9.46. The topological polar surface area (TPSA) is 40.5 Å². The molecule has 1 N–H and O–H groups in total. The van der Waals surface area contributed by atoms with E-state index in [1.54, 1.807) is 0 Å². The lowest BCUT2D eigenvalue weighted by Gasteiger charge is -2.57. The van der Waals surface area contributed by atoms with E-state index in [0.717, 1.165) is 30.8 Å². The molecule has 0 spiro atoms. The van der Waals surface area contributed by atoms with Gasteiger partial charge in [0.1, 0.15) is 5.54 Å². The lowest BCUT2D eigenvalue weighted by atomic mass is 9.49. The SMILES string of the molecule is CCN(CCC12CC3CC(CC(C3)C1)C2)C(C)(C)C(=O)O. The van der Waals surface area contributed by atoms with E-state index in [1.165, 1.54) is 44.9 Å². The highest BCUT2D eigenvalue weighted by Crippen LogP contribution is 2.61. The number of rotatable bonds is 6. The first-order chi connectivity index (χ1) is 9.84. The third kappa shape index (κ3) is 2.74. The van der Waals surface area contributed by atoms with Crippen LogP contribution in [0.25, 0.3) is 0 Å². The van der Waals surface area contributed by atoms with Crippen molar-refractivity contribution in [2.45, 2.75) is 71.3 Å². The summed E-state index contributed by atoms with van der Waals surface area (Å²) in [4.78, 5) is 13.7. The van der Waals surface area contributed by atoms with Crippen LogP contribution in [0.15, 0.2) is 0 Å². The summed E-state index contributed by atoms with van der Waals surface area (Å²) >= 11 is 0. The molecule has 4 saturated carbocycles. The minimum Gasteiger partial charge on any atom is -0.480 e. The molecule has 3 nitrogen and oxygen atoms in total. The molecule has 0 radical (unpaired) electrons. The van der Waals surface area contributed by atoms with Crippen LogP contribution < -0.4 is 0 Å². The van der Waals surface area contributed by atoms with Gasteiger partial charge < -0.3 is 5.11 Å². The summed E-state index contributed by atoms with van der Waals surface area (Å²) in [6, 6.07) is 0. The molecule has 4 aliphatic rings. The molecule has 0 aliphatic heterocycles. The molecular weight excluding hydrogens is 262 g/mol. The van der Waals surface area contributed by atoms with Gasteiger partial charge in [-0.25, -0.2) is 0 Å². The van der Waals surface area contributed by atoms with Crippen LogP contribution in [-0.2, 0) is 4.79 Å². The Kier molecular flexibility index (Phi) is 3.84. The third-order valence-electron chi connectivity index (χ3n) is 6.77. The van der Waals surface area contributed by atoms with Crippen LogP contribution >= 0.6 is 0 Å². The monoisotopic (exact) mass is 293 g/mol. The number of aliphatic carboxylic acids is 1. The maximum Gasteiger partial charge on any atom is 0.323 e. The lowest BCUT2D eigenvalue weighted by Crippen LogP contribution is -2.52. The number of hydrogen-bond acceptors (Lipinski definition) is 2. The van der Waals surface area contributed by atoms with E-state index in [4.69, 9.17) is 0 Å². The van der Waals surface area contributed by atoms with Crippen molar-refractivity contribution < 1.29 is 9.90 Å².